The van der Waals surface area contributed by atoms with Crippen LogP contribution in [0.25, 0.3) is 10.6 Å². The summed E-state index contributed by atoms with van der Waals surface area (Å²) in [5, 5.41) is 3.68. The van der Waals surface area contributed by atoms with Crippen LogP contribution in [0.3, 0.4) is 0 Å². The van der Waals surface area contributed by atoms with Crippen molar-refractivity contribution in [3.05, 3.63) is 65.7 Å². The SMILES string of the molecule is COc1cccc(NC(=O)c2cnc(-c3ccccc3)s2)c1. The maximum absolute atomic E-state index is 12.3. The van der Waals surface area contributed by atoms with Crippen molar-refractivity contribution in [2.75, 3.05) is 12.4 Å². The first-order valence-electron chi connectivity index (χ1n) is 6.73. The zero-order chi connectivity index (χ0) is 15.4. The number of hydrogen-bond donors (Lipinski definition) is 1. The van der Waals surface area contributed by atoms with E-state index < -0.39 is 0 Å². The molecule has 5 heteroatoms. The summed E-state index contributed by atoms with van der Waals surface area (Å²) in [6.45, 7) is 0. The molecule has 2 aromatic carbocycles. The average Bonchev–Trinajstić information content (AvgIpc) is 3.06. The van der Waals surface area contributed by atoms with E-state index in [2.05, 4.69) is 10.3 Å². The Morgan fingerprint density at radius 1 is 1.14 bits per heavy atom. The minimum atomic E-state index is -0.173. The molecule has 22 heavy (non-hydrogen) atoms. The fourth-order valence-corrected chi connectivity index (χ4v) is 2.80. The summed E-state index contributed by atoms with van der Waals surface area (Å²) in [6.07, 6.45) is 1.60. The molecule has 0 aliphatic carbocycles. The molecule has 0 saturated heterocycles. The summed E-state index contributed by atoms with van der Waals surface area (Å²) >= 11 is 1.37. The van der Waals surface area contributed by atoms with Crippen LogP contribution in [0.4, 0.5) is 5.69 Å². The van der Waals surface area contributed by atoms with E-state index in [9.17, 15) is 4.79 Å². The minimum Gasteiger partial charge on any atom is -0.497 e. The average molecular weight is 310 g/mol. The van der Waals surface area contributed by atoms with Crippen LogP contribution in [0.1, 0.15) is 9.67 Å². The van der Waals surface area contributed by atoms with Gasteiger partial charge in [-0.3, -0.25) is 4.79 Å². The molecule has 1 N–H and O–H groups in total. The largest absolute Gasteiger partial charge is 0.497 e. The zero-order valence-electron chi connectivity index (χ0n) is 11.9. The number of nitrogens with one attached hydrogen (secondary N) is 1. The van der Waals surface area contributed by atoms with Gasteiger partial charge in [0.1, 0.15) is 15.6 Å². The van der Waals surface area contributed by atoms with E-state index in [0.29, 0.717) is 16.3 Å². The molecule has 0 spiro atoms. The third-order valence-corrected chi connectivity index (χ3v) is 4.12. The van der Waals surface area contributed by atoms with Crippen LogP contribution in [-0.2, 0) is 0 Å². The van der Waals surface area contributed by atoms with Gasteiger partial charge in [0.05, 0.1) is 13.3 Å². The Labute approximate surface area is 132 Å². The number of carbonyl (C=O) groups excluding carboxylic acids is 1. The Hall–Kier alpha value is -2.66. The van der Waals surface area contributed by atoms with Gasteiger partial charge in [-0.1, -0.05) is 36.4 Å². The van der Waals surface area contributed by atoms with Crippen molar-refractivity contribution in [2.45, 2.75) is 0 Å². The van der Waals surface area contributed by atoms with Crippen molar-refractivity contribution in [3.8, 4) is 16.3 Å². The fourth-order valence-electron chi connectivity index (χ4n) is 1.99. The first-order chi connectivity index (χ1) is 10.8. The lowest BCUT2D eigenvalue weighted by Crippen LogP contribution is -2.10. The van der Waals surface area contributed by atoms with Crippen LogP contribution in [0.5, 0.6) is 5.75 Å². The molecule has 1 aromatic heterocycles. The Morgan fingerprint density at radius 3 is 2.73 bits per heavy atom. The lowest BCUT2D eigenvalue weighted by atomic mass is 10.2. The second kappa shape index (κ2) is 6.41. The highest BCUT2D eigenvalue weighted by molar-refractivity contribution is 7.17. The molecule has 0 saturated carbocycles. The molecule has 3 aromatic rings. The summed E-state index contributed by atoms with van der Waals surface area (Å²) in [5.74, 6) is 0.528. The van der Waals surface area contributed by atoms with E-state index in [1.807, 2.05) is 48.5 Å². The summed E-state index contributed by atoms with van der Waals surface area (Å²) in [7, 11) is 1.59. The third kappa shape index (κ3) is 3.15. The second-order valence-corrected chi connectivity index (χ2v) is 5.61. The van der Waals surface area contributed by atoms with Crippen molar-refractivity contribution >= 4 is 22.9 Å². The van der Waals surface area contributed by atoms with Gasteiger partial charge in [0.15, 0.2) is 0 Å². The van der Waals surface area contributed by atoms with Crippen LogP contribution in [0, 0.1) is 0 Å². The number of amides is 1. The Kier molecular flexibility index (Phi) is 4.16. The van der Waals surface area contributed by atoms with Gasteiger partial charge < -0.3 is 10.1 Å². The number of rotatable bonds is 4. The Morgan fingerprint density at radius 2 is 1.95 bits per heavy atom. The van der Waals surface area contributed by atoms with Gasteiger partial charge in [-0.15, -0.1) is 11.3 Å². The molecule has 0 unspecified atom stereocenters. The number of nitrogens with zero attached hydrogens (tertiary/aromatic N) is 1. The number of aromatic nitrogens is 1. The molecule has 4 nitrogen and oxygen atoms in total. The van der Waals surface area contributed by atoms with Crippen molar-refractivity contribution in [2.24, 2.45) is 0 Å². The summed E-state index contributed by atoms with van der Waals surface area (Å²) in [6, 6.07) is 17.1. The molecular weight excluding hydrogens is 296 g/mol. The highest BCUT2D eigenvalue weighted by Crippen LogP contribution is 2.25. The van der Waals surface area contributed by atoms with Crippen LogP contribution >= 0.6 is 11.3 Å². The van der Waals surface area contributed by atoms with E-state index in [4.69, 9.17) is 4.74 Å². The normalized spacial score (nSPS) is 10.2. The number of carbonyl (C=O) groups is 1. The van der Waals surface area contributed by atoms with Crippen LogP contribution in [-0.4, -0.2) is 18.0 Å². The lowest BCUT2D eigenvalue weighted by Gasteiger charge is -2.05. The molecular formula is C17H14N2O2S. The van der Waals surface area contributed by atoms with Crippen LogP contribution in [0.2, 0.25) is 0 Å². The molecule has 3 rings (SSSR count). The minimum absolute atomic E-state index is 0.173. The van der Waals surface area contributed by atoms with Gasteiger partial charge in [0.25, 0.3) is 5.91 Å². The standard InChI is InChI=1S/C17H14N2O2S/c1-21-14-9-5-8-13(10-14)19-16(20)15-11-18-17(22-15)12-6-3-2-4-7-12/h2-11H,1H3,(H,19,20). The Bertz CT molecular complexity index is 784. The first-order valence-corrected chi connectivity index (χ1v) is 7.54. The highest BCUT2D eigenvalue weighted by atomic mass is 32.1. The highest BCUT2D eigenvalue weighted by Gasteiger charge is 2.12. The summed E-state index contributed by atoms with van der Waals surface area (Å²) in [5.41, 5.74) is 1.70. The summed E-state index contributed by atoms with van der Waals surface area (Å²) in [4.78, 5) is 17.2. The predicted molar refractivity (Wildman–Crippen MR) is 88.5 cm³/mol. The zero-order valence-corrected chi connectivity index (χ0v) is 12.8. The van der Waals surface area contributed by atoms with Gasteiger partial charge in [0.2, 0.25) is 0 Å². The number of thiazole rings is 1. The maximum atomic E-state index is 12.3. The quantitative estimate of drug-likeness (QED) is 0.790. The Balaban J connectivity index is 1.77. The molecule has 1 heterocycles. The molecule has 0 aliphatic rings. The van der Waals surface area contributed by atoms with Crippen LogP contribution < -0.4 is 10.1 Å². The first kappa shape index (κ1) is 14.3. The molecule has 0 radical (unpaired) electrons. The predicted octanol–water partition coefficient (Wildman–Crippen LogP) is 4.07. The topological polar surface area (TPSA) is 51.2 Å². The third-order valence-electron chi connectivity index (χ3n) is 3.08. The van der Waals surface area contributed by atoms with Crippen LogP contribution in [0.15, 0.2) is 60.8 Å². The van der Waals surface area contributed by atoms with Gasteiger partial charge in [-0.05, 0) is 12.1 Å². The molecule has 0 atom stereocenters. The number of benzene rings is 2. The molecule has 0 fully saturated rings. The van der Waals surface area contributed by atoms with Gasteiger partial charge in [-0.25, -0.2) is 4.98 Å². The fraction of sp³-hybridized carbons (Fsp3) is 0.0588. The van der Waals surface area contributed by atoms with E-state index in [0.717, 1.165) is 10.6 Å². The molecule has 0 bridgehead atoms. The van der Waals surface area contributed by atoms with Gasteiger partial charge in [-0.2, -0.15) is 0 Å². The number of anilines is 1. The van der Waals surface area contributed by atoms with Gasteiger partial charge >= 0.3 is 0 Å². The smallest absolute Gasteiger partial charge is 0.267 e. The van der Waals surface area contributed by atoms with E-state index in [1.165, 1.54) is 11.3 Å². The number of hydrogen-bond acceptors (Lipinski definition) is 4. The van der Waals surface area contributed by atoms with E-state index in [1.54, 1.807) is 19.4 Å². The summed E-state index contributed by atoms with van der Waals surface area (Å²) < 4.78 is 5.14. The molecule has 0 aliphatic heterocycles. The number of ether oxygens (including phenoxy) is 1. The molecule has 110 valence electrons. The second-order valence-electron chi connectivity index (χ2n) is 4.58. The monoisotopic (exact) mass is 310 g/mol. The van der Waals surface area contributed by atoms with Crippen molar-refractivity contribution in [3.63, 3.8) is 0 Å². The van der Waals surface area contributed by atoms with E-state index >= 15 is 0 Å². The van der Waals surface area contributed by atoms with E-state index in [-0.39, 0.29) is 5.91 Å². The number of methoxy groups -OCH3 is 1. The van der Waals surface area contributed by atoms with Crippen molar-refractivity contribution < 1.29 is 9.53 Å². The lowest BCUT2D eigenvalue weighted by molar-refractivity contribution is 0.103. The van der Waals surface area contributed by atoms with Crippen molar-refractivity contribution in [1.82, 2.24) is 4.98 Å². The van der Waals surface area contributed by atoms with Crippen molar-refractivity contribution in [1.29, 1.82) is 0 Å². The maximum Gasteiger partial charge on any atom is 0.267 e. The van der Waals surface area contributed by atoms with Gasteiger partial charge in [0, 0.05) is 17.3 Å². The molecule has 1 amide bonds.